The fourth-order valence-electron chi connectivity index (χ4n) is 0.883. The molecule has 0 unspecified atom stereocenters. The first-order valence-electron chi connectivity index (χ1n) is 3.84. The lowest BCUT2D eigenvalue weighted by Gasteiger charge is -2.18. The third kappa shape index (κ3) is 6.28. The van der Waals surface area contributed by atoms with Crippen molar-refractivity contribution in [2.45, 2.75) is 26.1 Å². The highest BCUT2D eigenvalue weighted by molar-refractivity contribution is 4.55. The average Bonchev–Trinajstić information content (AvgIpc) is 1.87. The van der Waals surface area contributed by atoms with E-state index in [0.29, 0.717) is 13.2 Å². The summed E-state index contributed by atoms with van der Waals surface area (Å²) in [6.07, 6.45) is 0.287. The molecule has 3 heteroatoms. The van der Waals surface area contributed by atoms with Crippen molar-refractivity contribution in [3.8, 4) is 0 Å². The average molecular weight is 162 g/mol. The second-order valence-corrected chi connectivity index (χ2v) is 2.72. The molecule has 0 radical (unpaired) electrons. The SMILES string of the molecule is COCC(COC)OC(C)C. The van der Waals surface area contributed by atoms with Crippen LogP contribution in [0.3, 0.4) is 0 Å². The normalized spacial score (nSPS) is 11.5. The van der Waals surface area contributed by atoms with Gasteiger partial charge in [-0.25, -0.2) is 0 Å². The van der Waals surface area contributed by atoms with Gasteiger partial charge in [-0.3, -0.25) is 0 Å². The molecule has 0 aromatic carbocycles. The summed E-state index contributed by atoms with van der Waals surface area (Å²) < 4.78 is 15.4. The minimum absolute atomic E-state index is 0.0602. The summed E-state index contributed by atoms with van der Waals surface area (Å²) >= 11 is 0. The molecule has 3 nitrogen and oxygen atoms in total. The summed E-state index contributed by atoms with van der Waals surface area (Å²) in [5, 5.41) is 0. The summed E-state index contributed by atoms with van der Waals surface area (Å²) in [6, 6.07) is 0. The summed E-state index contributed by atoms with van der Waals surface area (Å²) in [6.45, 7) is 5.18. The molecule has 11 heavy (non-hydrogen) atoms. The summed E-state index contributed by atoms with van der Waals surface area (Å²) in [5.41, 5.74) is 0. The van der Waals surface area contributed by atoms with E-state index >= 15 is 0 Å². The Morgan fingerprint density at radius 3 is 1.73 bits per heavy atom. The third-order valence-corrected chi connectivity index (χ3v) is 1.17. The standard InChI is InChI=1S/C8H18O3/c1-7(2)11-8(5-9-3)6-10-4/h7-8H,5-6H2,1-4H3. The molecule has 0 aliphatic heterocycles. The van der Waals surface area contributed by atoms with Gasteiger partial charge in [0, 0.05) is 14.2 Å². The van der Waals surface area contributed by atoms with Gasteiger partial charge < -0.3 is 14.2 Å². The zero-order valence-electron chi connectivity index (χ0n) is 7.79. The van der Waals surface area contributed by atoms with E-state index in [9.17, 15) is 0 Å². The Morgan fingerprint density at radius 2 is 1.45 bits per heavy atom. The third-order valence-electron chi connectivity index (χ3n) is 1.17. The van der Waals surface area contributed by atoms with E-state index in [1.807, 2.05) is 13.8 Å². The van der Waals surface area contributed by atoms with Crippen LogP contribution in [-0.4, -0.2) is 39.6 Å². The van der Waals surface area contributed by atoms with Crippen molar-refractivity contribution in [1.82, 2.24) is 0 Å². The van der Waals surface area contributed by atoms with Crippen LogP contribution in [0.15, 0.2) is 0 Å². The molecule has 68 valence electrons. The lowest BCUT2D eigenvalue weighted by molar-refractivity contribution is -0.0663. The Morgan fingerprint density at radius 1 is 1.00 bits per heavy atom. The molecule has 0 spiro atoms. The predicted molar refractivity (Wildman–Crippen MR) is 43.8 cm³/mol. The van der Waals surface area contributed by atoms with Crippen LogP contribution in [0.1, 0.15) is 13.8 Å². The van der Waals surface area contributed by atoms with Gasteiger partial charge in [-0.2, -0.15) is 0 Å². The second-order valence-electron chi connectivity index (χ2n) is 2.72. The van der Waals surface area contributed by atoms with E-state index in [-0.39, 0.29) is 12.2 Å². The molecule has 0 rings (SSSR count). The monoisotopic (exact) mass is 162 g/mol. The molecule has 0 atom stereocenters. The predicted octanol–water partition coefficient (Wildman–Crippen LogP) is 1.07. The molecule has 0 bridgehead atoms. The van der Waals surface area contributed by atoms with Crippen molar-refractivity contribution >= 4 is 0 Å². The molecule has 0 aromatic heterocycles. The largest absolute Gasteiger partial charge is 0.382 e. The molecule has 0 aliphatic rings. The highest BCUT2D eigenvalue weighted by atomic mass is 16.6. The molecule has 0 saturated heterocycles. The molecule has 0 aliphatic carbocycles. The lowest BCUT2D eigenvalue weighted by Crippen LogP contribution is -2.27. The van der Waals surface area contributed by atoms with Crippen LogP contribution in [0.2, 0.25) is 0 Å². The van der Waals surface area contributed by atoms with Crippen molar-refractivity contribution in [1.29, 1.82) is 0 Å². The van der Waals surface area contributed by atoms with Gasteiger partial charge in [-0.1, -0.05) is 0 Å². The van der Waals surface area contributed by atoms with Crippen molar-refractivity contribution in [3.63, 3.8) is 0 Å². The van der Waals surface area contributed by atoms with E-state index < -0.39 is 0 Å². The van der Waals surface area contributed by atoms with Crippen LogP contribution in [-0.2, 0) is 14.2 Å². The van der Waals surface area contributed by atoms with Crippen LogP contribution >= 0.6 is 0 Å². The maximum atomic E-state index is 5.48. The van der Waals surface area contributed by atoms with Crippen molar-refractivity contribution < 1.29 is 14.2 Å². The first-order chi connectivity index (χ1) is 5.20. The Kier molecular flexibility index (Phi) is 6.51. The number of hydrogen-bond acceptors (Lipinski definition) is 3. The number of hydrogen-bond donors (Lipinski definition) is 0. The molecule has 0 N–H and O–H groups in total. The van der Waals surface area contributed by atoms with Gasteiger partial charge in [0.1, 0.15) is 6.10 Å². The number of ether oxygens (including phenoxy) is 3. The van der Waals surface area contributed by atoms with Crippen molar-refractivity contribution in [2.75, 3.05) is 27.4 Å². The van der Waals surface area contributed by atoms with E-state index in [4.69, 9.17) is 14.2 Å². The lowest BCUT2D eigenvalue weighted by atomic mass is 10.4. The first-order valence-corrected chi connectivity index (χ1v) is 3.84. The molecular weight excluding hydrogens is 144 g/mol. The van der Waals surface area contributed by atoms with Gasteiger partial charge >= 0.3 is 0 Å². The van der Waals surface area contributed by atoms with Gasteiger partial charge in [0.15, 0.2) is 0 Å². The van der Waals surface area contributed by atoms with Crippen molar-refractivity contribution in [2.24, 2.45) is 0 Å². The highest BCUT2D eigenvalue weighted by Crippen LogP contribution is 1.98. The second kappa shape index (κ2) is 6.58. The van der Waals surface area contributed by atoms with E-state index in [0.717, 1.165) is 0 Å². The maximum absolute atomic E-state index is 5.48. The maximum Gasteiger partial charge on any atom is 0.104 e. The molecule has 0 heterocycles. The minimum Gasteiger partial charge on any atom is -0.382 e. The van der Waals surface area contributed by atoms with Crippen LogP contribution in [0.4, 0.5) is 0 Å². The van der Waals surface area contributed by atoms with Crippen molar-refractivity contribution in [3.05, 3.63) is 0 Å². The van der Waals surface area contributed by atoms with Gasteiger partial charge in [0.25, 0.3) is 0 Å². The summed E-state index contributed by atoms with van der Waals surface area (Å²) in [5.74, 6) is 0. The van der Waals surface area contributed by atoms with E-state index in [1.165, 1.54) is 0 Å². The quantitative estimate of drug-likeness (QED) is 0.584. The molecule has 0 aromatic rings. The minimum atomic E-state index is 0.0602. The Bertz CT molecular complexity index is 77.4. The van der Waals surface area contributed by atoms with E-state index in [2.05, 4.69) is 0 Å². The van der Waals surface area contributed by atoms with E-state index in [1.54, 1.807) is 14.2 Å². The first kappa shape index (κ1) is 10.9. The molecule has 0 saturated carbocycles. The zero-order valence-corrected chi connectivity index (χ0v) is 7.79. The van der Waals surface area contributed by atoms with Crippen LogP contribution in [0.25, 0.3) is 0 Å². The van der Waals surface area contributed by atoms with Crippen LogP contribution in [0.5, 0.6) is 0 Å². The van der Waals surface area contributed by atoms with Gasteiger partial charge in [-0.05, 0) is 13.8 Å². The molecular formula is C8H18O3. The summed E-state index contributed by atoms with van der Waals surface area (Å²) in [4.78, 5) is 0. The molecule has 0 fully saturated rings. The number of rotatable bonds is 6. The molecule has 0 amide bonds. The zero-order chi connectivity index (χ0) is 8.69. The Labute approximate surface area is 68.6 Å². The van der Waals surface area contributed by atoms with Crippen LogP contribution < -0.4 is 0 Å². The van der Waals surface area contributed by atoms with Gasteiger partial charge in [0.05, 0.1) is 19.3 Å². The van der Waals surface area contributed by atoms with Gasteiger partial charge in [0.2, 0.25) is 0 Å². The summed E-state index contributed by atoms with van der Waals surface area (Å²) in [7, 11) is 3.32. The van der Waals surface area contributed by atoms with Crippen LogP contribution in [0, 0.1) is 0 Å². The highest BCUT2D eigenvalue weighted by Gasteiger charge is 2.09. The smallest absolute Gasteiger partial charge is 0.104 e. The van der Waals surface area contributed by atoms with Gasteiger partial charge in [-0.15, -0.1) is 0 Å². The fourth-order valence-corrected chi connectivity index (χ4v) is 0.883. The fraction of sp³-hybridized carbons (Fsp3) is 1.00. The number of methoxy groups -OCH3 is 2. The Hall–Kier alpha value is -0.120. The Balaban J connectivity index is 3.50. The topological polar surface area (TPSA) is 27.7 Å².